The fraction of sp³-hybridized carbons (Fsp3) is 0.538. The largest absolute Gasteiger partial charge is 0.475 e. The fourth-order valence-corrected chi connectivity index (χ4v) is 4.31. The third-order valence-corrected chi connectivity index (χ3v) is 6.68. The number of hydrogen-bond acceptors (Lipinski definition) is 9. The van der Waals surface area contributed by atoms with Gasteiger partial charge in [-0.3, -0.25) is 4.79 Å². The molecule has 0 unspecified atom stereocenters. The Balaban J connectivity index is 1.66. The first-order valence-corrected chi connectivity index (χ1v) is 13.3. The van der Waals surface area contributed by atoms with Crippen molar-refractivity contribution in [3.8, 4) is 5.88 Å². The number of esters is 2. The van der Waals surface area contributed by atoms with Crippen molar-refractivity contribution in [2.24, 2.45) is 0 Å². The van der Waals surface area contributed by atoms with Crippen molar-refractivity contribution in [3.05, 3.63) is 39.1 Å². The van der Waals surface area contributed by atoms with Crippen LogP contribution < -0.4 is 15.0 Å². The number of hydrogen-bond donors (Lipinski definition) is 2. The van der Waals surface area contributed by atoms with E-state index >= 15 is 0 Å². The van der Waals surface area contributed by atoms with Gasteiger partial charge in [-0.25, -0.2) is 9.59 Å². The Labute approximate surface area is 237 Å². The van der Waals surface area contributed by atoms with E-state index < -0.39 is 24.1 Å². The highest BCUT2D eigenvalue weighted by Gasteiger charge is 2.26. The molecule has 2 aromatic rings. The first kappa shape index (κ1) is 30.5. The lowest BCUT2D eigenvalue weighted by atomic mass is 10.0. The van der Waals surface area contributed by atoms with Crippen LogP contribution in [0.3, 0.4) is 0 Å². The maximum atomic E-state index is 12.8. The Bertz CT molecular complexity index is 1190. The SMILES string of the molecule is COCCOc1cc(C(=O)OCC(=O)OC(C)(C)C)cc(N2CCC(NC(=O)c3[nH]c(C)c(Cl)c3Cl)CC2)n1. The molecule has 11 nitrogen and oxygen atoms in total. The molecule has 2 N–H and O–H groups in total. The fourth-order valence-electron chi connectivity index (χ4n) is 3.89. The van der Waals surface area contributed by atoms with Crippen LogP contribution in [0.5, 0.6) is 5.88 Å². The van der Waals surface area contributed by atoms with Crippen molar-refractivity contribution in [2.75, 3.05) is 44.9 Å². The standard InChI is InChI=1S/C26H34Cl2N4O7/c1-15-21(27)22(28)23(29-15)24(34)30-17-6-8-32(9-7-17)18-12-16(13-19(31-18)37-11-10-36-5)25(35)38-14-20(33)39-26(2,3)4/h12-13,17,29H,6-11,14H2,1-5H3,(H,30,34). The van der Waals surface area contributed by atoms with Crippen LogP contribution >= 0.6 is 23.2 Å². The summed E-state index contributed by atoms with van der Waals surface area (Å²) >= 11 is 12.3. The van der Waals surface area contributed by atoms with Crippen LogP contribution in [0, 0.1) is 6.92 Å². The lowest BCUT2D eigenvalue weighted by molar-refractivity contribution is -0.158. The zero-order chi connectivity index (χ0) is 28.7. The van der Waals surface area contributed by atoms with Crippen molar-refractivity contribution in [2.45, 2.75) is 52.2 Å². The summed E-state index contributed by atoms with van der Waals surface area (Å²) < 4.78 is 21.0. The van der Waals surface area contributed by atoms with E-state index in [4.69, 9.17) is 42.1 Å². The van der Waals surface area contributed by atoms with Crippen molar-refractivity contribution in [1.82, 2.24) is 15.3 Å². The number of ether oxygens (including phenoxy) is 4. The summed E-state index contributed by atoms with van der Waals surface area (Å²) in [7, 11) is 1.55. The second kappa shape index (κ2) is 13.4. The molecule has 0 saturated carbocycles. The molecule has 0 bridgehead atoms. The number of piperidine rings is 1. The van der Waals surface area contributed by atoms with E-state index in [1.807, 2.05) is 4.90 Å². The van der Waals surface area contributed by atoms with Crippen LogP contribution in [0.4, 0.5) is 5.82 Å². The number of anilines is 1. The molecular weight excluding hydrogens is 551 g/mol. The minimum absolute atomic E-state index is 0.0911. The van der Waals surface area contributed by atoms with Gasteiger partial charge in [-0.15, -0.1) is 0 Å². The topological polar surface area (TPSA) is 132 Å². The van der Waals surface area contributed by atoms with Gasteiger partial charge in [-0.2, -0.15) is 4.98 Å². The van der Waals surface area contributed by atoms with Crippen LogP contribution in [0.25, 0.3) is 0 Å². The van der Waals surface area contributed by atoms with Gasteiger partial charge >= 0.3 is 11.9 Å². The van der Waals surface area contributed by atoms with Gasteiger partial charge in [-0.05, 0) is 46.6 Å². The molecule has 0 atom stereocenters. The van der Waals surface area contributed by atoms with E-state index in [1.54, 1.807) is 40.9 Å². The number of aromatic nitrogens is 2. The number of H-pyrrole nitrogens is 1. The summed E-state index contributed by atoms with van der Waals surface area (Å²) in [5, 5.41) is 3.52. The maximum Gasteiger partial charge on any atom is 0.344 e. The second-order valence-electron chi connectivity index (χ2n) is 10.0. The molecule has 214 valence electrons. The molecule has 0 spiro atoms. The average molecular weight is 585 g/mol. The number of aromatic amines is 1. The van der Waals surface area contributed by atoms with Crippen molar-refractivity contribution in [1.29, 1.82) is 0 Å². The summed E-state index contributed by atoms with van der Waals surface area (Å²) in [5.74, 6) is -0.953. The van der Waals surface area contributed by atoms with Gasteiger partial charge in [0.15, 0.2) is 6.61 Å². The zero-order valence-electron chi connectivity index (χ0n) is 22.7. The molecule has 1 aliphatic heterocycles. The van der Waals surface area contributed by atoms with E-state index in [0.717, 1.165) is 0 Å². The van der Waals surface area contributed by atoms with Crippen LogP contribution in [0.15, 0.2) is 12.1 Å². The van der Waals surface area contributed by atoms with Crippen LogP contribution in [0.1, 0.15) is 60.2 Å². The zero-order valence-corrected chi connectivity index (χ0v) is 24.2. The summed E-state index contributed by atoms with van der Waals surface area (Å²) in [4.78, 5) is 46.9. The molecule has 2 aromatic heterocycles. The van der Waals surface area contributed by atoms with Gasteiger partial charge < -0.3 is 34.1 Å². The van der Waals surface area contributed by atoms with E-state index in [1.165, 1.54) is 6.07 Å². The molecule has 1 saturated heterocycles. The molecule has 3 heterocycles. The quantitative estimate of drug-likeness (QED) is 0.314. The number of rotatable bonds is 10. The van der Waals surface area contributed by atoms with Crippen LogP contribution in [-0.2, 0) is 19.0 Å². The monoisotopic (exact) mass is 584 g/mol. The Morgan fingerprint density at radius 1 is 1.13 bits per heavy atom. The Morgan fingerprint density at radius 3 is 2.41 bits per heavy atom. The maximum absolute atomic E-state index is 12.8. The summed E-state index contributed by atoms with van der Waals surface area (Å²) in [6.07, 6.45) is 1.26. The molecular formula is C26H34Cl2N4O7. The highest BCUT2D eigenvalue weighted by Crippen LogP contribution is 2.29. The van der Waals surface area contributed by atoms with Gasteiger partial charge in [0, 0.05) is 38.0 Å². The molecule has 1 fully saturated rings. The third kappa shape index (κ3) is 8.74. The van der Waals surface area contributed by atoms with Gasteiger partial charge in [0.25, 0.3) is 5.91 Å². The molecule has 39 heavy (non-hydrogen) atoms. The molecule has 0 aliphatic carbocycles. The van der Waals surface area contributed by atoms with Gasteiger partial charge in [0.1, 0.15) is 23.7 Å². The van der Waals surface area contributed by atoms with Gasteiger partial charge in [-0.1, -0.05) is 23.2 Å². The highest BCUT2D eigenvalue weighted by molar-refractivity contribution is 6.44. The number of amides is 1. The number of carbonyl (C=O) groups is 3. The molecule has 1 aliphatic rings. The second-order valence-corrected chi connectivity index (χ2v) is 10.8. The normalized spacial score (nSPS) is 14.2. The van der Waals surface area contributed by atoms with Crippen LogP contribution in [0.2, 0.25) is 10.0 Å². The van der Waals surface area contributed by atoms with Gasteiger partial charge in [0.2, 0.25) is 5.88 Å². The number of nitrogens with zero attached hydrogens (tertiary/aromatic N) is 2. The number of nitrogens with one attached hydrogen (secondary N) is 2. The lowest BCUT2D eigenvalue weighted by Gasteiger charge is -2.33. The minimum atomic E-state index is -0.708. The predicted octanol–water partition coefficient (Wildman–Crippen LogP) is 3.95. The molecule has 13 heteroatoms. The first-order chi connectivity index (χ1) is 18.4. The number of aryl methyl sites for hydroxylation is 1. The van der Waals surface area contributed by atoms with Gasteiger partial charge in [0.05, 0.1) is 22.2 Å². The number of methoxy groups -OCH3 is 1. The smallest absolute Gasteiger partial charge is 0.344 e. The highest BCUT2D eigenvalue weighted by atomic mass is 35.5. The predicted molar refractivity (Wildman–Crippen MR) is 146 cm³/mol. The lowest BCUT2D eigenvalue weighted by Crippen LogP contribution is -2.45. The summed E-state index contributed by atoms with van der Waals surface area (Å²) in [6, 6.07) is 2.95. The number of halogens is 2. The Hall–Kier alpha value is -3.02. The summed E-state index contributed by atoms with van der Waals surface area (Å²) in [5.41, 5.74) is 0.348. The molecule has 1 amide bonds. The third-order valence-electron chi connectivity index (χ3n) is 5.74. The van der Waals surface area contributed by atoms with E-state index in [-0.39, 0.29) is 40.7 Å². The van der Waals surface area contributed by atoms with E-state index in [9.17, 15) is 14.4 Å². The van der Waals surface area contributed by atoms with Crippen molar-refractivity contribution in [3.63, 3.8) is 0 Å². The minimum Gasteiger partial charge on any atom is -0.475 e. The molecule has 0 radical (unpaired) electrons. The Morgan fingerprint density at radius 2 is 1.82 bits per heavy atom. The average Bonchev–Trinajstić information content (AvgIpc) is 3.14. The number of pyridine rings is 1. The molecule has 0 aromatic carbocycles. The number of carbonyl (C=O) groups excluding carboxylic acids is 3. The van der Waals surface area contributed by atoms with Crippen molar-refractivity contribution >= 4 is 46.9 Å². The Kier molecular flexibility index (Phi) is 10.5. The van der Waals surface area contributed by atoms with E-state index in [2.05, 4.69) is 15.3 Å². The van der Waals surface area contributed by atoms with Crippen LogP contribution in [-0.4, -0.2) is 79.5 Å². The molecule has 3 rings (SSSR count). The summed E-state index contributed by atoms with van der Waals surface area (Å²) in [6.45, 7) is 8.10. The first-order valence-electron chi connectivity index (χ1n) is 12.5. The van der Waals surface area contributed by atoms with Crippen molar-refractivity contribution < 1.29 is 33.3 Å². The van der Waals surface area contributed by atoms with E-state index in [0.29, 0.717) is 49.1 Å².